The molecule has 7 nitrogen and oxygen atoms in total. The molecular formula is C27H39N5O2. The van der Waals surface area contributed by atoms with Crippen molar-refractivity contribution in [2.24, 2.45) is 11.8 Å². The van der Waals surface area contributed by atoms with E-state index in [-0.39, 0.29) is 23.9 Å². The second-order valence-electron chi connectivity index (χ2n) is 10.3. The Morgan fingerprint density at radius 2 is 1.74 bits per heavy atom. The van der Waals surface area contributed by atoms with Crippen molar-refractivity contribution in [3.05, 3.63) is 35.7 Å². The highest BCUT2D eigenvalue weighted by Crippen LogP contribution is 2.30. The number of carbonyl (C=O) groups excluding carboxylic acids is 2. The summed E-state index contributed by atoms with van der Waals surface area (Å²) in [6.45, 7) is 9.08. The molecule has 7 heteroatoms. The molecule has 2 atom stereocenters. The molecule has 1 unspecified atom stereocenters. The number of aromatic nitrogens is 2. The van der Waals surface area contributed by atoms with Crippen LogP contribution in [0.5, 0.6) is 0 Å². The number of hydrogen-bond acceptors (Lipinski definition) is 3. The van der Waals surface area contributed by atoms with Crippen molar-refractivity contribution in [3.63, 3.8) is 0 Å². The molecule has 0 spiro atoms. The van der Waals surface area contributed by atoms with Crippen LogP contribution in [0.3, 0.4) is 0 Å². The normalized spacial score (nSPS) is 19.9. The Hall–Kier alpha value is -2.83. The molecule has 34 heavy (non-hydrogen) atoms. The third kappa shape index (κ3) is 5.29. The van der Waals surface area contributed by atoms with Gasteiger partial charge < -0.3 is 15.5 Å². The smallest absolute Gasteiger partial charge is 0.318 e. The summed E-state index contributed by atoms with van der Waals surface area (Å²) < 4.78 is 0. The molecule has 1 aromatic heterocycles. The quantitative estimate of drug-likeness (QED) is 0.533. The number of nitrogens with zero attached hydrogens (tertiary/aromatic N) is 2. The molecule has 2 heterocycles. The van der Waals surface area contributed by atoms with Crippen LogP contribution in [0.4, 0.5) is 10.5 Å². The summed E-state index contributed by atoms with van der Waals surface area (Å²) in [6, 6.07) is 7.50. The Kier molecular flexibility index (Phi) is 7.59. The molecule has 2 aromatic rings. The van der Waals surface area contributed by atoms with E-state index in [2.05, 4.69) is 34.7 Å². The number of benzene rings is 1. The van der Waals surface area contributed by atoms with Gasteiger partial charge in [-0.25, -0.2) is 4.79 Å². The van der Waals surface area contributed by atoms with Crippen LogP contribution in [-0.2, 0) is 4.79 Å². The minimum absolute atomic E-state index is 0.0943. The minimum Gasteiger partial charge on any atom is -0.326 e. The highest BCUT2D eigenvalue weighted by molar-refractivity contribution is 5.97. The number of aryl methyl sites for hydroxylation is 2. The number of nitrogens with one attached hydrogen (secondary N) is 3. The van der Waals surface area contributed by atoms with Crippen LogP contribution in [0.15, 0.2) is 24.3 Å². The third-order valence-corrected chi connectivity index (χ3v) is 7.58. The van der Waals surface area contributed by atoms with E-state index in [1.54, 1.807) is 0 Å². The monoisotopic (exact) mass is 465 g/mol. The van der Waals surface area contributed by atoms with Gasteiger partial charge in [0, 0.05) is 29.5 Å². The van der Waals surface area contributed by atoms with Crippen molar-refractivity contribution in [3.8, 4) is 11.1 Å². The van der Waals surface area contributed by atoms with Crippen molar-refractivity contribution in [1.29, 1.82) is 0 Å². The summed E-state index contributed by atoms with van der Waals surface area (Å²) in [5.74, 6) is 0.466. The van der Waals surface area contributed by atoms with Gasteiger partial charge in [-0.05, 0) is 69.1 Å². The Morgan fingerprint density at radius 1 is 1.03 bits per heavy atom. The lowest BCUT2D eigenvalue weighted by Crippen LogP contribution is -2.54. The second-order valence-corrected chi connectivity index (χ2v) is 10.3. The van der Waals surface area contributed by atoms with E-state index in [1.165, 1.54) is 6.42 Å². The van der Waals surface area contributed by atoms with E-state index in [0.29, 0.717) is 5.92 Å². The number of likely N-dealkylation sites (tertiary alicyclic amines) is 1. The van der Waals surface area contributed by atoms with Gasteiger partial charge in [0.05, 0.1) is 5.69 Å². The predicted molar refractivity (Wildman–Crippen MR) is 136 cm³/mol. The van der Waals surface area contributed by atoms with Crippen LogP contribution in [0.2, 0.25) is 0 Å². The Bertz CT molecular complexity index is 971. The number of aromatic amines is 1. The Morgan fingerprint density at radius 3 is 2.35 bits per heavy atom. The van der Waals surface area contributed by atoms with Gasteiger partial charge in [0.25, 0.3) is 0 Å². The van der Waals surface area contributed by atoms with Crippen LogP contribution in [0.1, 0.15) is 70.2 Å². The fraction of sp³-hybridized carbons (Fsp3) is 0.593. The summed E-state index contributed by atoms with van der Waals surface area (Å²) >= 11 is 0. The average Bonchev–Trinajstić information content (AvgIpc) is 3.45. The summed E-state index contributed by atoms with van der Waals surface area (Å²) in [7, 11) is 0. The van der Waals surface area contributed by atoms with E-state index in [4.69, 9.17) is 0 Å². The Labute approximate surface area is 203 Å². The highest BCUT2D eigenvalue weighted by atomic mass is 16.2. The number of amides is 3. The molecule has 184 valence electrons. The van der Waals surface area contributed by atoms with Gasteiger partial charge in [0.15, 0.2) is 0 Å². The third-order valence-electron chi connectivity index (χ3n) is 7.58. The van der Waals surface area contributed by atoms with E-state index >= 15 is 0 Å². The fourth-order valence-corrected chi connectivity index (χ4v) is 5.74. The molecule has 0 bridgehead atoms. The maximum Gasteiger partial charge on any atom is 0.318 e. The van der Waals surface area contributed by atoms with E-state index in [1.807, 2.05) is 43.0 Å². The predicted octanol–water partition coefficient (Wildman–Crippen LogP) is 5.41. The molecule has 3 amide bonds. The van der Waals surface area contributed by atoms with Crippen molar-refractivity contribution < 1.29 is 9.59 Å². The number of rotatable bonds is 6. The first kappa shape index (κ1) is 24.3. The largest absolute Gasteiger partial charge is 0.326 e. The summed E-state index contributed by atoms with van der Waals surface area (Å²) in [5.41, 5.74) is 4.87. The van der Waals surface area contributed by atoms with Gasteiger partial charge in [-0.15, -0.1) is 0 Å². The van der Waals surface area contributed by atoms with Crippen molar-refractivity contribution in [1.82, 2.24) is 20.4 Å². The fourth-order valence-electron chi connectivity index (χ4n) is 5.74. The van der Waals surface area contributed by atoms with Crippen LogP contribution >= 0.6 is 0 Å². The zero-order valence-corrected chi connectivity index (χ0v) is 21.0. The van der Waals surface area contributed by atoms with Crippen LogP contribution < -0.4 is 10.6 Å². The number of urea groups is 1. The van der Waals surface area contributed by atoms with E-state index in [9.17, 15) is 9.59 Å². The average molecular weight is 466 g/mol. The van der Waals surface area contributed by atoms with E-state index < -0.39 is 6.04 Å². The van der Waals surface area contributed by atoms with Crippen LogP contribution in [0, 0.1) is 25.7 Å². The molecule has 2 aliphatic rings. The molecule has 0 radical (unpaired) electrons. The molecule has 1 aliphatic carbocycles. The molecular weight excluding hydrogens is 426 g/mol. The lowest BCUT2D eigenvalue weighted by molar-refractivity contribution is -0.119. The zero-order valence-electron chi connectivity index (χ0n) is 21.0. The van der Waals surface area contributed by atoms with Crippen molar-refractivity contribution in [2.45, 2.75) is 84.7 Å². The van der Waals surface area contributed by atoms with Gasteiger partial charge in [-0.2, -0.15) is 5.10 Å². The van der Waals surface area contributed by atoms with Crippen molar-refractivity contribution in [2.75, 3.05) is 11.9 Å². The first-order chi connectivity index (χ1) is 16.3. The minimum atomic E-state index is -0.515. The van der Waals surface area contributed by atoms with Crippen LogP contribution in [-0.4, -0.2) is 45.7 Å². The van der Waals surface area contributed by atoms with Gasteiger partial charge >= 0.3 is 6.03 Å². The molecule has 2 fully saturated rings. The first-order valence-corrected chi connectivity index (χ1v) is 12.8. The number of carbonyl (C=O) groups is 2. The SMILES string of the molecule is Cc1n[nH]c(C)c1-c1ccc(NC(=O)[C@@H](NC(=O)N2CCCC2C(C)C)C2CCCCC2)cc1. The molecule has 4 rings (SSSR count). The molecule has 1 saturated heterocycles. The number of H-pyrrole nitrogens is 1. The number of anilines is 1. The molecule has 1 aromatic carbocycles. The van der Waals surface area contributed by atoms with E-state index in [0.717, 1.165) is 73.3 Å². The van der Waals surface area contributed by atoms with Gasteiger partial charge in [-0.1, -0.05) is 45.2 Å². The summed E-state index contributed by atoms with van der Waals surface area (Å²) in [6.07, 6.45) is 7.44. The van der Waals surface area contributed by atoms with Gasteiger partial charge in [-0.3, -0.25) is 9.89 Å². The molecule has 1 saturated carbocycles. The summed E-state index contributed by atoms with van der Waals surface area (Å²) in [4.78, 5) is 28.6. The van der Waals surface area contributed by atoms with Gasteiger partial charge in [0.1, 0.15) is 6.04 Å². The molecule has 1 aliphatic heterocycles. The topological polar surface area (TPSA) is 90.1 Å². The lowest BCUT2D eigenvalue weighted by atomic mass is 9.83. The van der Waals surface area contributed by atoms with Crippen LogP contribution in [0.25, 0.3) is 11.1 Å². The first-order valence-electron chi connectivity index (χ1n) is 12.8. The summed E-state index contributed by atoms with van der Waals surface area (Å²) in [5, 5.41) is 13.5. The highest BCUT2D eigenvalue weighted by Gasteiger charge is 2.36. The zero-order chi connectivity index (χ0) is 24.2. The Balaban J connectivity index is 1.48. The van der Waals surface area contributed by atoms with Crippen molar-refractivity contribution >= 4 is 17.6 Å². The lowest BCUT2D eigenvalue weighted by Gasteiger charge is -2.33. The maximum atomic E-state index is 13.4. The van der Waals surface area contributed by atoms with Gasteiger partial charge in [0.2, 0.25) is 5.91 Å². The standard InChI is InChI=1S/C27H39N5O2/c1-17(2)23-11-8-16-32(23)27(34)29-25(21-9-6-5-7-10-21)26(33)28-22-14-12-20(13-15-22)24-18(3)30-31-19(24)4/h12-15,17,21,23,25H,5-11,16H2,1-4H3,(H,28,33)(H,29,34)(H,30,31)/t23?,25-/m0/s1. The second kappa shape index (κ2) is 10.6. The maximum absolute atomic E-state index is 13.4. The molecule has 3 N–H and O–H groups in total. The number of hydrogen-bond donors (Lipinski definition) is 3.